The highest BCUT2D eigenvalue weighted by atomic mass is 32.2. The van der Waals surface area contributed by atoms with Crippen molar-refractivity contribution in [1.29, 1.82) is 0 Å². The summed E-state index contributed by atoms with van der Waals surface area (Å²) in [6.07, 6.45) is 0. The Balaban J connectivity index is 1.33. The summed E-state index contributed by atoms with van der Waals surface area (Å²) in [5.74, 6) is 0. The van der Waals surface area contributed by atoms with Crippen molar-refractivity contribution in [2.75, 3.05) is 0 Å². The molecule has 6 nitrogen and oxygen atoms in total. The Hall–Kier alpha value is -3.88. The molecule has 4 rings (SSSR count). The van der Waals surface area contributed by atoms with E-state index in [1.54, 1.807) is 37.4 Å². The van der Waals surface area contributed by atoms with E-state index >= 15 is 0 Å². The molecule has 0 aliphatic heterocycles. The van der Waals surface area contributed by atoms with Crippen molar-refractivity contribution in [3.63, 3.8) is 0 Å². The first-order valence-corrected chi connectivity index (χ1v) is 12.7. The molecule has 2 N–H and O–H groups in total. The number of oxime groups is 2. The van der Waals surface area contributed by atoms with Crippen LogP contribution in [0.3, 0.4) is 0 Å². The Kier molecular flexibility index (Phi) is 8.54. The first-order valence-electron chi connectivity index (χ1n) is 11.1. The van der Waals surface area contributed by atoms with Gasteiger partial charge in [-0.2, -0.15) is 10.2 Å². The lowest BCUT2D eigenvalue weighted by atomic mass is 10.1. The van der Waals surface area contributed by atoms with E-state index < -0.39 is 0 Å². The van der Waals surface area contributed by atoms with E-state index in [2.05, 4.69) is 20.5 Å². The lowest BCUT2D eigenvalue weighted by molar-refractivity contribution is 0.319. The molecule has 0 saturated heterocycles. The summed E-state index contributed by atoms with van der Waals surface area (Å²) in [6.45, 7) is 3.53. The van der Waals surface area contributed by atoms with E-state index in [-0.39, 0.29) is 0 Å². The molecule has 0 aliphatic rings. The van der Waals surface area contributed by atoms with Crippen LogP contribution in [-0.2, 0) is 0 Å². The number of nitrogens with zero attached hydrogens (tertiary/aromatic N) is 4. The Morgan fingerprint density at radius 3 is 1.03 bits per heavy atom. The molecule has 0 saturated carbocycles. The summed E-state index contributed by atoms with van der Waals surface area (Å²) in [7, 11) is 0. The molecule has 0 spiro atoms. The maximum absolute atomic E-state index is 8.89. The zero-order valence-electron chi connectivity index (χ0n) is 19.7. The third-order valence-corrected chi connectivity index (χ3v) is 7.30. The molecule has 0 atom stereocenters. The predicted molar refractivity (Wildman–Crippen MR) is 146 cm³/mol. The van der Waals surface area contributed by atoms with Crippen molar-refractivity contribution in [1.82, 2.24) is 0 Å². The highest BCUT2D eigenvalue weighted by molar-refractivity contribution is 7.99. The Labute approximate surface area is 218 Å². The highest BCUT2D eigenvalue weighted by Gasteiger charge is 2.03. The Morgan fingerprint density at radius 1 is 0.472 bits per heavy atom. The molecule has 0 heterocycles. The summed E-state index contributed by atoms with van der Waals surface area (Å²) >= 11 is 3.30. The van der Waals surface area contributed by atoms with Crippen molar-refractivity contribution < 1.29 is 10.4 Å². The van der Waals surface area contributed by atoms with E-state index in [1.807, 2.05) is 97.1 Å². The van der Waals surface area contributed by atoms with E-state index in [1.165, 1.54) is 0 Å². The summed E-state index contributed by atoms with van der Waals surface area (Å²) in [5.41, 5.74) is 4.52. The second-order valence-electron chi connectivity index (χ2n) is 7.81. The van der Waals surface area contributed by atoms with Gasteiger partial charge in [-0.1, -0.05) is 58.1 Å². The maximum Gasteiger partial charge on any atom is 0.0857 e. The molecule has 0 aliphatic carbocycles. The first kappa shape index (κ1) is 25.2. The smallest absolute Gasteiger partial charge is 0.0857 e. The minimum atomic E-state index is 0.588. The van der Waals surface area contributed by atoms with Crippen LogP contribution >= 0.6 is 23.5 Å². The molecule has 0 bridgehead atoms. The minimum absolute atomic E-state index is 0.588. The van der Waals surface area contributed by atoms with Gasteiger partial charge in [0.05, 0.1) is 22.8 Å². The van der Waals surface area contributed by atoms with Gasteiger partial charge in [-0.15, -0.1) is 0 Å². The van der Waals surface area contributed by atoms with Gasteiger partial charge in [0.25, 0.3) is 0 Å². The van der Waals surface area contributed by atoms with Crippen molar-refractivity contribution >= 4 is 46.3 Å². The van der Waals surface area contributed by atoms with Crippen LogP contribution in [0.2, 0.25) is 0 Å². The minimum Gasteiger partial charge on any atom is -0.411 e. The molecule has 0 unspecified atom stereocenters. The van der Waals surface area contributed by atoms with E-state index in [0.717, 1.165) is 42.1 Å². The number of rotatable bonds is 8. The van der Waals surface area contributed by atoms with Crippen LogP contribution in [0.4, 0.5) is 11.4 Å². The summed E-state index contributed by atoms with van der Waals surface area (Å²) in [6, 6.07) is 31.6. The van der Waals surface area contributed by atoms with Gasteiger partial charge in [0.2, 0.25) is 0 Å². The monoisotopic (exact) mass is 512 g/mol. The Morgan fingerprint density at radius 2 is 0.750 bits per heavy atom. The number of azo groups is 1. The van der Waals surface area contributed by atoms with Crippen LogP contribution in [-0.4, -0.2) is 21.8 Å². The average molecular weight is 513 g/mol. The van der Waals surface area contributed by atoms with Crippen LogP contribution in [0.5, 0.6) is 0 Å². The second kappa shape index (κ2) is 12.2. The van der Waals surface area contributed by atoms with Crippen LogP contribution in [0.1, 0.15) is 25.0 Å². The van der Waals surface area contributed by atoms with Crippen molar-refractivity contribution in [3.05, 3.63) is 108 Å². The van der Waals surface area contributed by atoms with Gasteiger partial charge in [0.15, 0.2) is 0 Å². The lowest BCUT2D eigenvalue weighted by Gasteiger charge is -2.04. The van der Waals surface area contributed by atoms with Crippen molar-refractivity contribution in [3.8, 4) is 0 Å². The van der Waals surface area contributed by atoms with E-state index in [9.17, 15) is 0 Å². The van der Waals surface area contributed by atoms with Crippen molar-refractivity contribution in [2.45, 2.75) is 33.4 Å². The van der Waals surface area contributed by atoms with Gasteiger partial charge in [0.1, 0.15) is 0 Å². The Bertz CT molecular complexity index is 1270. The fourth-order valence-electron chi connectivity index (χ4n) is 3.19. The largest absolute Gasteiger partial charge is 0.411 e. The molecular weight excluding hydrogens is 488 g/mol. The second-order valence-corrected chi connectivity index (χ2v) is 10.1. The topological polar surface area (TPSA) is 89.9 Å². The zero-order valence-corrected chi connectivity index (χ0v) is 21.4. The molecule has 180 valence electrons. The molecule has 0 aromatic heterocycles. The van der Waals surface area contributed by atoms with E-state index in [4.69, 9.17) is 10.4 Å². The van der Waals surface area contributed by atoms with Crippen LogP contribution in [0.25, 0.3) is 0 Å². The van der Waals surface area contributed by atoms with Gasteiger partial charge in [-0.05, 0) is 97.8 Å². The molecule has 0 fully saturated rings. The SMILES string of the molecule is C/C(=N/O)c1ccc(Sc2ccc(N=Nc3ccc(Sc4ccc(/C(C)=N\O)cc4)cc3)cc2)cc1. The number of benzene rings is 4. The summed E-state index contributed by atoms with van der Waals surface area (Å²) in [4.78, 5) is 4.40. The standard InChI is InChI=1S/C28H24N4O2S2/c1-19(31-33)21-3-11-25(12-4-21)35-27-15-7-23(8-16-27)29-30-24-9-17-28(18-10-24)36-26-13-5-22(6-14-26)20(2)32-34/h3-18,33-34H,1-2H3/b30-29?,31-19-,32-20-. The van der Waals surface area contributed by atoms with Crippen molar-refractivity contribution in [2.24, 2.45) is 20.5 Å². The highest BCUT2D eigenvalue weighted by Crippen LogP contribution is 2.31. The third kappa shape index (κ3) is 6.84. The fraction of sp³-hybridized carbons (Fsp3) is 0.0714. The normalized spacial score (nSPS) is 12.3. The number of hydrogen-bond acceptors (Lipinski definition) is 8. The quantitative estimate of drug-likeness (QED) is 0.107. The van der Waals surface area contributed by atoms with E-state index in [0.29, 0.717) is 11.4 Å². The summed E-state index contributed by atoms with van der Waals surface area (Å²) < 4.78 is 0. The lowest BCUT2D eigenvalue weighted by Crippen LogP contribution is -1.93. The zero-order chi connectivity index (χ0) is 25.3. The van der Waals surface area contributed by atoms with Gasteiger partial charge >= 0.3 is 0 Å². The summed E-state index contributed by atoms with van der Waals surface area (Å²) in [5, 5.41) is 32.9. The van der Waals surface area contributed by atoms with Gasteiger partial charge in [-0.3, -0.25) is 0 Å². The maximum atomic E-state index is 8.89. The average Bonchev–Trinajstić information content (AvgIpc) is 2.93. The number of hydrogen-bond donors (Lipinski definition) is 2. The molecule has 0 amide bonds. The van der Waals surface area contributed by atoms with Crippen LogP contribution in [0.15, 0.2) is 137 Å². The van der Waals surface area contributed by atoms with Gasteiger partial charge in [-0.25, -0.2) is 0 Å². The molecule has 4 aromatic carbocycles. The third-order valence-electron chi connectivity index (χ3n) is 5.27. The van der Waals surface area contributed by atoms with Crippen LogP contribution in [0, 0.1) is 0 Å². The van der Waals surface area contributed by atoms with Crippen LogP contribution < -0.4 is 0 Å². The van der Waals surface area contributed by atoms with Gasteiger partial charge < -0.3 is 10.4 Å². The fourth-order valence-corrected chi connectivity index (χ4v) is 4.83. The predicted octanol–water partition coefficient (Wildman–Crippen LogP) is 8.80. The van der Waals surface area contributed by atoms with Gasteiger partial charge in [0, 0.05) is 19.6 Å². The molecular formula is C28H24N4O2S2. The first-order chi connectivity index (χ1) is 17.5. The molecule has 4 aromatic rings. The molecule has 8 heteroatoms. The molecule has 0 radical (unpaired) electrons. The molecule has 36 heavy (non-hydrogen) atoms.